The molecule has 3 rings (SSSR count). The van der Waals surface area contributed by atoms with Crippen molar-refractivity contribution in [3.63, 3.8) is 0 Å². The lowest BCUT2D eigenvalue weighted by molar-refractivity contribution is 0.316. The molecule has 2 aliphatic heterocycles. The van der Waals surface area contributed by atoms with Gasteiger partial charge in [-0.05, 0) is 12.1 Å². The van der Waals surface area contributed by atoms with E-state index < -0.39 is 8.09 Å². The first-order valence-corrected chi connectivity index (χ1v) is 6.20. The summed E-state index contributed by atoms with van der Waals surface area (Å²) in [5.74, 6) is 0.533. The van der Waals surface area contributed by atoms with E-state index >= 15 is 0 Å². The van der Waals surface area contributed by atoms with Crippen LogP contribution in [0.3, 0.4) is 0 Å². The summed E-state index contributed by atoms with van der Waals surface area (Å²) < 4.78 is 16.4. The van der Waals surface area contributed by atoms with Crippen LogP contribution in [-0.2, 0) is 13.6 Å². The second-order valence-corrected chi connectivity index (χ2v) is 5.03. The molecule has 0 atom stereocenters. The van der Waals surface area contributed by atoms with Gasteiger partial charge in [0, 0.05) is 5.56 Å². The Hall–Kier alpha value is -1.16. The highest BCUT2D eigenvalue weighted by Gasteiger charge is 2.57. The highest BCUT2D eigenvalue weighted by Crippen LogP contribution is 2.63. The van der Waals surface area contributed by atoms with Crippen molar-refractivity contribution in [3.05, 3.63) is 35.9 Å². The van der Waals surface area contributed by atoms with Crippen LogP contribution >= 0.6 is 8.09 Å². The first-order valence-electron chi connectivity index (χ1n) is 4.66. The molecule has 0 amide bonds. The van der Waals surface area contributed by atoms with Crippen molar-refractivity contribution in [2.45, 2.75) is 0 Å². The average Bonchev–Trinajstić information content (AvgIpc) is 2.91. The van der Waals surface area contributed by atoms with Crippen molar-refractivity contribution < 1.29 is 13.6 Å². The SMILES string of the molecule is c1ccc(C2=NN[P+]3(OCCO3)O2)cc1. The predicted molar refractivity (Wildman–Crippen MR) is 56.0 cm³/mol. The zero-order valence-corrected chi connectivity index (χ0v) is 8.81. The summed E-state index contributed by atoms with van der Waals surface area (Å²) in [6.45, 7) is 1.11. The monoisotopic (exact) mass is 225 g/mol. The number of hydrogen-bond acceptors (Lipinski definition) is 5. The molecule has 0 aliphatic carbocycles. The van der Waals surface area contributed by atoms with Gasteiger partial charge in [-0.25, -0.2) is 4.52 Å². The Morgan fingerprint density at radius 1 is 1.13 bits per heavy atom. The van der Waals surface area contributed by atoms with Crippen molar-refractivity contribution >= 4 is 14.0 Å². The van der Waals surface area contributed by atoms with Crippen LogP contribution in [0.4, 0.5) is 0 Å². The topological polar surface area (TPSA) is 52.1 Å². The molecule has 0 bridgehead atoms. The van der Waals surface area contributed by atoms with Gasteiger partial charge >= 0.3 is 14.0 Å². The number of hydrazone groups is 1. The largest absolute Gasteiger partial charge is 0.592 e. The molecular weight excluding hydrogens is 215 g/mol. The van der Waals surface area contributed by atoms with Crippen LogP contribution in [0.2, 0.25) is 0 Å². The second-order valence-electron chi connectivity index (χ2n) is 3.14. The minimum atomic E-state index is -2.37. The Kier molecular flexibility index (Phi) is 2.09. The van der Waals surface area contributed by atoms with Gasteiger partial charge in [0.1, 0.15) is 13.2 Å². The molecule has 1 aromatic rings. The van der Waals surface area contributed by atoms with E-state index in [2.05, 4.69) is 10.3 Å². The van der Waals surface area contributed by atoms with Crippen LogP contribution in [0.25, 0.3) is 0 Å². The summed E-state index contributed by atoms with van der Waals surface area (Å²) in [5.41, 5.74) is 0.918. The fraction of sp³-hybridized carbons (Fsp3) is 0.222. The van der Waals surface area contributed by atoms with Gasteiger partial charge in [-0.15, -0.1) is 9.05 Å². The number of hydrogen-bond donors (Lipinski definition) is 1. The summed E-state index contributed by atoms with van der Waals surface area (Å²) in [7, 11) is -2.37. The van der Waals surface area contributed by atoms with E-state index in [1.165, 1.54) is 0 Å². The third-order valence-corrected chi connectivity index (χ3v) is 3.91. The summed E-state index contributed by atoms with van der Waals surface area (Å²) in [5, 5.41) is 6.90. The Balaban J connectivity index is 1.81. The van der Waals surface area contributed by atoms with Gasteiger partial charge in [0.25, 0.3) is 0 Å². The first-order chi connectivity index (χ1) is 7.38. The van der Waals surface area contributed by atoms with Crippen molar-refractivity contribution in [1.82, 2.24) is 5.20 Å². The molecule has 1 aromatic carbocycles. The van der Waals surface area contributed by atoms with E-state index in [4.69, 9.17) is 13.6 Å². The molecule has 2 heterocycles. The number of benzene rings is 1. The van der Waals surface area contributed by atoms with Crippen LogP contribution in [0, 0.1) is 0 Å². The highest BCUT2D eigenvalue weighted by atomic mass is 31.2. The first kappa shape index (κ1) is 9.09. The molecule has 6 heteroatoms. The van der Waals surface area contributed by atoms with Crippen molar-refractivity contribution in [3.8, 4) is 0 Å². The van der Waals surface area contributed by atoms with Crippen LogP contribution in [0.1, 0.15) is 5.56 Å². The summed E-state index contributed by atoms with van der Waals surface area (Å²) in [4.78, 5) is 0. The van der Waals surface area contributed by atoms with Crippen LogP contribution in [0.15, 0.2) is 35.4 Å². The Morgan fingerprint density at radius 2 is 1.87 bits per heavy atom. The maximum absolute atomic E-state index is 5.60. The molecule has 0 aromatic heterocycles. The summed E-state index contributed by atoms with van der Waals surface area (Å²) in [6, 6.07) is 9.67. The van der Waals surface area contributed by atoms with E-state index in [0.717, 1.165) is 5.56 Å². The highest BCUT2D eigenvalue weighted by molar-refractivity contribution is 7.60. The van der Waals surface area contributed by atoms with Gasteiger partial charge in [-0.3, -0.25) is 0 Å². The van der Waals surface area contributed by atoms with E-state index in [0.29, 0.717) is 19.1 Å². The molecule has 0 saturated carbocycles. The molecule has 0 unspecified atom stereocenters. The van der Waals surface area contributed by atoms with E-state index in [-0.39, 0.29) is 0 Å². The van der Waals surface area contributed by atoms with Gasteiger partial charge in [-0.2, -0.15) is 0 Å². The zero-order valence-electron chi connectivity index (χ0n) is 7.92. The van der Waals surface area contributed by atoms with E-state index in [9.17, 15) is 0 Å². The number of rotatable bonds is 1. The molecule has 1 spiro atoms. The third-order valence-electron chi connectivity index (χ3n) is 2.11. The predicted octanol–water partition coefficient (Wildman–Crippen LogP) is 1.69. The molecule has 2 aliphatic rings. The van der Waals surface area contributed by atoms with E-state index in [1.807, 2.05) is 30.3 Å². The Bertz CT molecular complexity index is 390. The summed E-state index contributed by atoms with van der Waals surface area (Å²) >= 11 is 0. The standard InChI is InChI=1S/C9H10N2O3P/c1-2-4-8(5-3-1)9-10-11-15(14-9)12-6-7-13-15/h1-5,11H,6-7H2/q+1. The van der Waals surface area contributed by atoms with E-state index in [1.54, 1.807) is 0 Å². The van der Waals surface area contributed by atoms with Gasteiger partial charge < -0.3 is 0 Å². The van der Waals surface area contributed by atoms with Crippen LogP contribution < -0.4 is 5.20 Å². The molecule has 5 nitrogen and oxygen atoms in total. The molecule has 1 fully saturated rings. The van der Waals surface area contributed by atoms with Crippen LogP contribution in [-0.4, -0.2) is 19.1 Å². The molecule has 0 radical (unpaired) electrons. The van der Waals surface area contributed by atoms with Gasteiger partial charge in [0.05, 0.1) is 0 Å². The lowest BCUT2D eigenvalue weighted by Crippen LogP contribution is -2.06. The lowest BCUT2D eigenvalue weighted by Gasteiger charge is -2.05. The maximum atomic E-state index is 5.60. The molecule has 78 valence electrons. The molecule has 1 N–H and O–H groups in total. The average molecular weight is 225 g/mol. The maximum Gasteiger partial charge on any atom is 0.592 e. The fourth-order valence-electron chi connectivity index (χ4n) is 1.42. The van der Waals surface area contributed by atoms with Crippen molar-refractivity contribution in [2.75, 3.05) is 13.2 Å². The van der Waals surface area contributed by atoms with Crippen molar-refractivity contribution in [1.29, 1.82) is 0 Å². The minimum absolute atomic E-state index is 0.533. The number of nitrogens with one attached hydrogen (secondary N) is 1. The smallest absolute Gasteiger partial charge is 0.242 e. The normalized spacial score (nSPS) is 22.3. The molecule has 1 saturated heterocycles. The minimum Gasteiger partial charge on any atom is -0.242 e. The Labute approximate surface area is 87.7 Å². The third kappa shape index (κ3) is 1.59. The second kappa shape index (κ2) is 3.45. The van der Waals surface area contributed by atoms with Crippen LogP contribution in [0.5, 0.6) is 0 Å². The zero-order chi connectivity index (χ0) is 10.1. The summed E-state index contributed by atoms with van der Waals surface area (Å²) in [6.07, 6.45) is 0. The van der Waals surface area contributed by atoms with Gasteiger partial charge in [0.15, 0.2) is 0 Å². The lowest BCUT2D eigenvalue weighted by atomic mass is 10.2. The number of nitrogens with zero attached hydrogens (tertiary/aromatic N) is 1. The van der Waals surface area contributed by atoms with Gasteiger partial charge in [-0.1, -0.05) is 28.5 Å². The molecule has 15 heavy (non-hydrogen) atoms. The fourth-order valence-corrected chi connectivity index (χ4v) is 2.98. The quantitative estimate of drug-likeness (QED) is 0.739. The van der Waals surface area contributed by atoms with Gasteiger partial charge in [0.2, 0.25) is 0 Å². The Morgan fingerprint density at radius 3 is 2.60 bits per heavy atom. The molecular formula is C9H10N2O3P+. The van der Waals surface area contributed by atoms with Crippen molar-refractivity contribution in [2.24, 2.45) is 5.10 Å².